The Hall–Kier alpha value is -2.66. The zero-order chi connectivity index (χ0) is 21.1. The van der Waals surface area contributed by atoms with E-state index in [9.17, 15) is 17.6 Å². The molecule has 156 valence electrons. The Bertz CT molecular complexity index is 1160. The summed E-state index contributed by atoms with van der Waals surface area (Å²) in [4.78, 5) is 16.8. The summed E-state index contributed by atoms with van der Waals surface area (Å²) < 4.78 is 45.8. The highest BCUT2D eigenvalue weighted by Crippen LogP contribution is 2.27. The fraction of sp³-hybridized carbons (Fsp3) is 0.200. The highest BCUT2D eigenvalue weighted by Gasteiger charge is 2.26. The number of hydrogen-bond acceptors (Lipinski definition) is 6. The molecule has 0 saturated carbocycles. The van der Waals surface area contributed by atoms with Crippen LogP contribution in [0.25, 0.3) is 11.3 Å². The lowest BCUT2D eigenvalue weighted by atomic mass is 10.2. The number of rotatable bonds is 5. The number of benzene rings is 2. The van der Waals surface area contributed by atoms with Crippen molar-refractivity contribution in [3.05, 3.63) is 65.3 Å². The van der Waals surface area contributed by atoms with Gasteiger partial charge < -0.3 is 4.74 Å². The number of aromatic nitrogens is 1. The van der Waals surface area contributed by atoms with E-state index in [1.807, 2.05) is 0 Å². The molecule has 1 aliphatic heterocycles. The summed E-state index contributed by atoms with van der Waals surface area (Å²) in [6, 6.07) is 12.1. The first-order valence-corrected chi connectivity index (χ1v) is 11.5. The fourth-order valence-electron chi connectivity index (χ4n) is 3.01. The zero-order valence-electron chi connectivity index (χ0n) is 15.7. The molecule has 2 aromatic carbocycles. The number of anilines is 1. The molecule has 0 spiro atoms. The third-order valence-corrected chi connectivity index (χ3v) is 7.27. The minimum atomic E-state index is -3.56. The smallest absolute Gasteiger partial charge is 0.260 e. The Labute approximate surface area is 177 Å². The zero-order valence-corrected chi connectivity index (χ0v) is 17.4. The third kappa shape index (κ3) is 4.26. The summed E-state index contributed by atoms with van der Waals surface area (Å²) in [5.74, 6) is -1.19. The molecule has 0 unspecified atom stereocenters. The number of halogens is 1. The summed E-state index contributed by atoms with van der Waals surface area (Å²) in [5.41, 5.74) is 1.23. The van der Waals surface area contributed by atoms with Crippen molar-refractivity contribution in [2.45, 2.75) is 4.90 Å². The molecule has 1 saturated heterocycles. The number of hydrogen-bond donors (Lipinski definition) is 1. The van der Waals surface area contributed by atoms with Crippen molar-refractivity contribution < 1.29 is 22.3 Å². The molecule has 4 rings (SSSR count). The van der Waals surface area contributed by atoms with E-state index in [4.69, 9.17) is 4.74 Å². The Morgan fingerprint density at radius 2 is 1.80 bits per heavy atom. The van der Waals surface area contributed by atoms with Crippen molar-refractivity contribution >= 4 is 32.4 Å². The van der Waals surface area contributed by atoms with Crippen molar-refractivity contribution in [1.29, 1.82) is 0 Å². The maximum absolute atomic E-state index is 13.7. The Balaban J connectivity index is 1.48. The van der Waals surface area contributed by atoms with Gasteiger partial charge in [-0.1, -0.05) is 24.3 Å². The van der Waals surface area contributed by atoms with Gasteiger partial charge >= 0.3 is 0 Å². The van der Waals surface area contributed by atoms with Crippen molar-refractivity contribution in [2.24, 2.45) is 0 Å². The van der Waals surface area contributed by atoms with Crippen molar-refractivity contribution in [2.75, 3.05) is 31.6 Å². The van der Waals surface area contributed by atoms with Gasteiger partial charge in [0.2, 0.25) is 10.0 Å². The molecule has 7 nitrogen and oxygen atoms in total. The molecule has 0 bridgehead atoms. The van der Waals surface area contributed by atoms with Gasteiger partial charge in [0, 0.05) is 24.0 Å². The van der Waals surface area contributed by atoms with Crippen LogP contribution >= 0.6 is 11.3 Å². The minimum Gasteiger partial charge on any atom is -0.379 e. The quantitative estimate of drug-likeness (QED) is 0.649. The number of morpholine rings is 1. The molecule has 1 amide bonds. The van der Waals surface area contributed by atoms with Gasteiger partial charge in [-0.2, -0.15) is 4.31 Å². The summed E-state index contributed by atoms with van der Waals surface area (Å²) in [6.45, 7) is 1.44. The second kappa shape index (κ2) is 8.60. The molecule has 1 aromatic heterocycles. The van der Waals surface area contributed by atoms with Crippen LogP contribution < -0.4 is 5.32 Å². The van der Waals surface area contributed by atoms with E-state index in [-0.39, 0.29) is 10.5 Å². The fourth-order valence-corrected chi connectivity index (χ4v) is 5.13. The van der Waals surface area contributed by atoms with Crippen LogP contribution in [-0.2, 0) is 14.8 Å². The summed E-state index contributed by atoms with van der Waals surface area (Å²) in [6.07, 6.45) is 0. The van der Waals surface area contributed by atoms with E-state index >= 15 is 0 Å². The topological polar surface area (TPSA) is 88.6 Å². The van der Waals surface area contributed by atoms with Crippen LogP contribution in [0.5, 0.6) is 0 Å². The van der Waals surface area contributed by atoms with Crippen LogP contribution in [0.4, 0.5) is 9.52 Å². The van der Waals surface area contributed by atoms with Crippen molar-refractivity contribution in [3.63, 3.8) is 0 Å². The van der Waals surface area contributed by atoms with Crippen LogP contribution in [-0.4, -0.2) is 49.9 Å². The molecule has 10 heteroatoms. The first kappa shape index (κ1) is 20.6. The van der Waals surface area contributed by atoms with Gasteiger partial charge in [0.05, 0.1) is 29.4 Å². The predicted molar refractivity (Wildman–Crippen MR) is 111 cm³/mol. The minimum absolute atomic E-state index is 0.0630. The number of nitrogens with zero attached hydrogens (tertiary/aromatic N) is 2. The molecule has 1 fully saturated rings. The largest absolute Gasteiger partial charge is 0.379 e. The summed E-state index contributed by atoms with van der Waals surface area (Å²) in [5, 5.41) is 4.64. The lowest BCUT2D eigenvalue weighted by Crippen LogP contribution is -2.40. The number of carbonyl (C=O) groups excluding carboxylic acids is 1. The maximum Gasteiger partial charge on any atom is 0.260 e. The Kier molecular flexibility index (Phi) is 5.91. The molecular formula is C20H18FN3O4S2. The first-order chi connectivity index (χ1) is 14.4. The second-order valence-electron chi connectivity index (χ2n) is 6.51. The summed E-state index contributed by atoms with van der Waals surface area (Å²) >= 11 is 1.20. The van der Waals surface area contributed by atoms with E-state index < -0.39 is 21.7 Å². The van der Waals surface area contributed by atoms with Crippen LogP contribution in [0.15, 0.2) is 58.8 Å². The average molecular weight is 448 g/mol. The highest BCUT2D eigenvalue weighted by molar-refractivity contribution is 7.89. The van der Waals surface area contributed by atoms with Gasteiger partial charge in [-0.15, -0.1) is 11.3 Å². The van der Waals surface area contributed by atoms with Crippen LogP contribution in [0.2, 0.25) is 0 Å². The van der Waals surface area contributed by atoms with Crippen LogP contribution in [0, 0.1) is 5.82 Å². The molecule has 3 aromatic rings. The Morgan fingerprint density at radius 1 is 1.10 bits per heavy atom. The van der Waals surface area contributed by atoms with Gasteiger partial charge in [0.15, 0.2) is 5.13 Å². The lowest BCUT2D eigenvalue weighted by Gasteiger charge is -2.26. The van der Waals surface area contributed by atoms with Crippen molar-refractivity contribution in [3.8, 4) is 11.3 Å². The van der Waals surface area contributed by atoms with E-state index in [1.54, 1.807) is 23.6 Å². The van der Waals surface area contributed by atoms with Gasteiger partial charge in [-0.3, -0.25) is 10.1 Å². The number of sulfonamides is 1. The van der Waals surface area contributed by atoms with Crippen LogP contribution in [0.1, 0.15) is 10.4 Å². The Morgan fingerprint density at radius 3 is 2.50 bits per heavy atom. The normalized spacial score (nSPS) is 15.1. The number of amides is 1. The molecule has 30 heavy (non-hydrogen) atoms. The van der Waals surface area contributed by atoms with Gasteiger partial charge in [0.1, 0.15) is 5.82 Å². The van der Waals surface area contributed by atoms with E-state index in [0.29, 0.717) is 42.7 Å². The van der Waals surface area contributed by atoms with Gasteiger partial charge in [-0.05, 0) is 24.3 Å². The van der Waals surface area contributed by atoms with Crippen LogP contribution in [0.3, 0.4) is 0 Å². The van der Waals surface area contributed by atoms with Gasteiger partial charge in [-0.25, -0.2) is 17.8 Å². The first-order valence-electron chi connectivity index (χ1n) is 9.15. The lowest BCUT2D eigenvalue weighted by molar-refractivity contribution is 0.0730. The number of carbonyl (C=O) groups is 1. The third-order valence-electron chi connectivity index (χ3n) is 4.60. The molecule has 0 aliphatic carbocycles. The average Bonchev–Trinajstić information content (AvgIpc) is 3.23. The summed E-state index contributed by atoms with van der Waals surface area (Å²) in [7, 11) is -3.56. The van der Waals surface area contributed by atoms with Crippen molar-refractivity contribution in [1.82, 2.24) is 9.29 Å². The second-order valence-corrected chi connectivity index (χ2v) is 9.31. The molecule has 1 aliphatic rings. The monoisotopic (exact) mass is 447 g/mol. The molecule has 0 atom stereocenters. The standard InChI is InChI=1S/C20H18FN3O4S2/c21-17-4-2-1-3-16(17)19(25)23-20-22-18(13-29-20)14-5-7-15(8-6-14)30(26,27)24-9-11-28-12-10-24/h1-8,13H,9-12H2,(H,22,23,25). The molecule has 2 heterocycles. The number of thiazole rings is 1. The predicted octanol–water partition coefficient (Wildman–Crippen LogP) is 3.22. The molecular weight excluding hydrogens is 429 g/mol. The van der Waals surface area contributed by atoms with Gasteiger partial charge in [0.25, 0.3) is 5.91 Å². The van der Waals surface area contributed by atoms with E-state index in [2.05, 4.69) is 10.3 Å². The van der Waals surface area contributed by atoms with E-state index in [1.165, 1.54) is 46.0 Å². The molecule has 0 radical (unpaired) electrons. The SMILES string of the molecule is O=C(Nc1nc(-c2ccc(S(=O)(=O)N3CCOCC3)cc2)cs1)c1ccccc1F. The molecule has 1 N–H and O–H groups in total. The van der Waals surface area contributed by atoms with E-state index in [0.717, 1.165) is 0 Å². The highest BCUT2D eigenvalue weighted by atomic mass is 32.2. The number of ether oxygens (including phenoxy) is 1. The maximum atomic E-state index is 13.7. The number of nitrogens with one attached hydrogen (secondary N) is 1.